The fourth-order valence-electron chi connectivity index (χ4n) is 2.47. The van der Waals surface area contributed by atoms with Crippen molar-refractivity contribution in [1.29, 1.82) is 0 Å². The van der Waals surface area contributed by atoms with E-state index in [0.29, 0.717) is 11.6 Å². The van der Waals surface area contributed by atoms with Gasteiger partial charge < -0.3 is 10.0 Å². The highest BCUT2D eigenvalue weighted by Gasteiger charge is 2.33. The molecule has 1 aromatic rings. The molecule has 1 atom stereocenters. The normalized spacial score (nSPS) is 16.4. The van der Waals surface area contributed by atoms with Gasteiger partial charge in [0.1, 0.15) is 0 Å². The number of aliphatic carboxylic acids is 1. The van der Waals surface area contributed by atoms with Gasteiger partial charge in [0, 0.05) is 25.2 Å². The summed E-state index contributed by atoms with van der Waals surface area (Å²) in [7, 11) is 1.62. The number of hydrogen-bond acceptors (Lipinski definition) is 3. The second kappa shape index (κ2) is 5.74. The Morgan fingerprint density at radius 3 is 2.50 bits per heavy atom. The molecule has 6 heteroatoms. The van der Waals surface area contributed by atoms with Gasteiger partial charge >= 0.3 is 5.97 Å². The second-order valence-corrected chi connectivity index (χ2v) is 7.24. The minimum absolute atomic E-state index is 0.176. The maximum Gasteiger partial charge on any atom is 0.308 e. The summed E-state index contributed by atoms with van der Waals surface area (Å²) in [5.41, 5.74) is 1.33. The molecule has 1 N–H and O–H groups in total. The van der Waals surface area contributed by atoms with Crippen LogP contribution in [0.25, 0.3) is 0 Å². The van der Waals surface area contributed by atoms with Gasteiger partial charge in [0.15, 0.2) is 5.69 Å². The largest absolute Gasteiger partial charge is 0.481 e. The van der Waals surface area contributed by atoms with Gasteiger partial charge in [-0.05, 0) is 39.7 Å². The van der Waals surface area contributed by atoms with Crippen LogP contribution < -0.4 is 0 Å². The number of hydrogen-bond donors (Lipinski definition) is 1. The van der Waals surface area contributed by atoms with Gasteiger partial charge in [-0.3, -0.25) is 14.3 Å². The predicted octanol–water partition coefficient (Wildman–Crippen LogP) is 2.31. The summed E-state index contributed by atoms with van der Waals surface area (Å²) in [4.78, 5) is 24.9. The third-order valence-electron chi connectivity index (χ3n) is 3.90. The van der Waals surface area contributed by atoms with E-state index in [1.807, 2.05) is 10.7 Å². The molecule has 0 spiro atoms. The molecule has 1 aliphatic carbocycles. The maximum atomic E-state index is 12.5. The van der Waals surface area contributed by atoms with Crippen molar-refractivity contribution in [3.63, 3.8) is 0 Å². The average Bonchev–Trinajstić information content (AvgIpc) is 3.14. The zero-order chi connectivity index (χ0) is 16.7. The van der Waals surface area contributed by atoms with Crippen LogP contribution in [0.2, 0.25) is 0 Å². The van der Waals surface area contributed by atoms with Crippen molar-refractivity contribution >= 4 is 11.9 Å². The lowest BCUT2D eigenvalue weighted by Crippen LogP contribution is -2.34. The molecule has 0 radical (unpaired) electrons. The Labute approximate surface area is 131 Å². The SMILES string of the molecule is C[C@@H](CN(C)C(=O)c1cc(C2CC2)n(C(C)(C)C)n1)C(=O)O. The van der Waals surface area contributed by atoms with Crippen LogP contribution in [-0.4, -0.2) is 45.3 Å². The van der Waals surface area contributed by atoms with E-state index in [2.05, 4.69) is 25.9 Å². The van der Waals surface area contributed by atoms with Crippen molar-refractivity contribution in [3.8, 4) is 0 Å². The van der Waals surface area contributed by atoms with Gasteiger partial charge in [0.2, 0.25) is 0 Å². The number of carbonyl (C=O) groups excluding carboxylic acids is 1. The first-order chi connectivity index (χ1) is 10.1. The van der Waals surface area contributed by atoms with E-state index in [0.717, 1.165) is 18.5 Å². The zero-order valence-electron chi connectivity index (χ0n) is 14.0. The molecule has 0 aromatic carbocycles. The predicted molar refractivity (Wildman–Crippen MR) is 83.0 cm³/mol. The van der Waals surface area contributed by atoms with E-state index in [9.17, 15) is 9.59 Å². The Kier molecular flexibility index (Phi) is 4.31. The fourth-order valence-corrected chi connectivity index (χ4v) is 2.47. The summed E-state index contributed by atoms with van der Waals surface area (Å²) in [6.07, 6.45) is 2.28. The third-order valence-corrected chi connectivity index (χ3v) is 3.90. The minimum atomic E-state index is -0.904. The van der Waals surface area contributed by atoms with Crippen molar-refractivity contribution in [3.05, 3.63) is 17.5 Å². The molecular weight excluding hydrogens is 282 g/mol. The summed E-state index contributed by atoms with van der Waals surface area (Å²) in [6.45, 7) is 7.97. The maximum absolute atomic E-state index is 12.5. The van der Waals surface area contributed by atoms with Crippen LogP contribution in [0.4, 0.5) is 0 Å². The van der Waals surface area contributed by atoms with Gasteiger partial charge in [-0.2, -0.15) is 5.10 Å². The molecule has 122 valence electrons. The van der Waals surface area contributed by atoms with Crippen molar-refractivity contribution in [2.24, 2.45) is 5.92 Å². The van der Waals surface area contributed by atoms with Crippen LogP contribution in [0, 0.1) is 5.92 Å². The number of carboxylic acids is 1. The first-order valence-electron chi connectivity index (χ1n) is 7.70. The molecule has 1 saturated carbocycles. The Morgan fingerprint density at radius 2 is 2.05 bits per heavy atom. The number of rotatable bonds is 5. The number of aromatic nitrogens is 2. The van der Waals surface area contributed by atoms with Crippen LogP contribution in [0.3, 0.4) is 0 Å². The van der Waals surface area contributed by atoms with Crippen molar-refractivity contribution in [1.82, 2.24) is 14.7 Å². The summed E-state index contributed by atoms with van der Waals surface area (Å²) in [6, 6.07) is 1.87. The minimum Gasteiger partial charge on any atom is -0.481 e. The van der Waals surface area contributed by atoms with Crippen molar-refractivity contribution < 1.29 is 14.7 Å². The Bertz CT molecular complexity index is 582. The highest BCUT2D eigenvalue weighted by molar-refractivity contribution is 5.92. The molecule has 0 bridgehead atoms. The third kappa shape index (κ3) is 3.48. The monoisotopic (exact) mass is 307 g/mol. The zero-order valence-corrected chi connectivity index (χ0v) is 14.0. The summed E-state index contributed by atoms with van der Waals surface area (Å²) < 4.78 is 1.94. The topological polar surface area (TPSA) is 75.4 Å². The van der Waals surface area contributed by atoms with E-state index in [1.165, 1.54) is 4.90 Å². The second-order valence-electron chi connectivity index (χ2n) is 7.24. The van der Waals surface area contributed by atoms with Crippen molar-refractivity contribution in [2.45, 2.75) is 52.0 Å². The van der Waals surface area contributed by atoms with Crippen LogP contribution in [-0.2, 0) is 10.3 Å². The van der Waals surface area contributed by atoms with E-state index < -0.39 is 11.9 Å². The molecule has 1 amide bonds. The Hall–Kier alpha value is -1.85. The van der Waals surface area contributed by atoms with E-state index in [-0.39, 0.29) is 18.0 Å². The number of amides is 1. The van der Waals surface area contributed by atoms with Gasteiger partial charge in [-0.15, -0.1) is 0 Å². The van der Waals surface area contributed by atoms with Crippen LogP contribution in [0.15, 0.2) is 6.07 Å². The molecule has 1 fully saturated rings. The number of carbonyl (C=O) groups is 2. The van der Waals surface area contributed by atoms with E-state index in [1.54, 1.807) is 14.0 Å². The smallest absolute Gasteiger partial charge is 0.308 e. The van der Waals surface area contributed by atoms with Gasteiger partial charge in [-0.1, -0.05) is 6.92 Å². The molecule has 0 aliphatic heterocycles. The average molecular weight is 307 g/mol. The molecular formula is C16H25N3O3. The lowest BCUT2D eigenvalue weighted by molar-refractivity contribution is -0.141. The number of carboxylic acid groups (broad SMARTS) is 1. The quantitative estimate of drug-likeness (QED) is 0.905. The molecule has 0 saturated heterocycles. The Morgan fingerprint density at radius 1 is 1.45 bits per heavy atom. The standard InChI is InChI=1S/C16H25N3O3/c1-10(15(21)22)9-18(5)14(20)12-8-13(11-6-7-11)19(17-12)16(2,3)4/h8,10-11H,6-7,9H2,1-5H3,(H,21,22)/t10-/m0/s1. The summed E-state index contributed by atoms with van der Waals surface area (Å²) in [5, 5.41) is 13.5. The summed E-state index contributed by atoms with van der Waals surface area (Å²) >= 11 is 0. The Balaban J connectivity index is 2.21. The van der Waals surface area contributed by atoms with Gasteiger partial charge in [0.25, 0.3) is 5.91 Å². The summed E-state index contributed by atoms with van der Waals surface area (Å²) in [5.74, 6) is -1.23. The van der Waals surface area contributed by atoms with Gasteiger partial charge in [-0.25, -0.2) is 0 Å². The molecule has 1 heterocycles. The van der Waals surface area contributed by atoms with Crippen molar-refractivity contribution in [2.75, 3.05) is 13.6 Å². The molecule has 6 nitrogen and oxygen atoms in total. The molecule has 0 unspecified atom stereocenters. The molecule has 22 heavy (non-hydrogen) atoms. The van der Waals surface area contributed by atoms with E-state index in [4.69, 9.17) is 5.11 Å². The van der Waals surface area contributed by atoms with Crippen LogP contribution in [0.1, 0.15) is 62.6 Å². The highest BCUT2D eigenvalue weighted by Crippen LogP contribution is 2.41. The fraction of sp³-hybridized carbons (Fsp3) is 0.688. The number of nitrogens with zero attached hydrogens (tertiary/aromatic N) is 3. The first-order valence-corrected chi connectivity index (χ1v) is 7.70. The molecule has 1 aliphatic rings. The van der Waals surface area contributed by atoms with Gasteiger partial charge in [0.05, 0.1) is 11.5 Å². The lowest BCUT2D eigenvalue weighted by atomic mass is 10.1. The van der Waals surface area contributed by atoms with Crippen LogP contribution in [0.5, 0.6) is 0 Å². The first kappa shape index (κ1) is 16.5. The molecule has 1 aromatic heterocycles. The molecule has 2 rings (SSSR count). The van der Waals surface area contributed by atoms with Crippen LogP contribution >= 0.6 is 0 Å². The van der Waals surface area contributed by atoms with E-state index >= 15 is 0 Å². The lowest BCUT2D eigenvalue weighted by Gasteiger charge is -2.22. The highest BCUT2D eigenvalue weighted by atomic mass is 16.4.